The van der Waals surface area contributed by atoms with Gasteiger partial charge in [0.2, 0.25) is 0 Å². The van der Waals surface area contributed by atoms with Gasteiger partial charge in [0.15, 0.2) is 0 Å². The summed E-state index contributed by atoms with van der Waals surface area (Å²) in [4.78, 5) is 0.200. The van der Waals surface area contributed by atoms with Crippen molar-refractivity contribution in [2.45, 2.75) is 33.7 Å². The molecule has 0 fully saturated rings. The minimum absolute atomic E-state index is 0.0144. The van der Waals surface area contributed by atoms with Crippen molar-refractivity contribution in [2.75, 3.05) is 5.75 Å². The van der Waals surface area contributed by atoms with E-state index in [1.165, 1.54) is 0 Å². The molecule has 0 amide bonds. The topological polar surface area (TPSA) is 34.1 Å². The van der Waals surface area contributed by atoms with Crippen LogP contribution >= 0.6 is 15.9 Å². The zero-order valence-corrected chi connectivity index (χ0v) is 14.7. The predicted molar refractivity (Wildman–Crippen MR) is 77.0 cm³/mol. The standard InChI is InChI=1S/C12H15BrF2O2SSe/c1-9(2)10-3-5-11(6-4-10)18(16,17)7-8-19-12(13,14)15/h3-6,9H,7-8H2,1-2H3. The van der Waals surface area contributed by atoms with Gasteiger partial charge in [0.25, 0.3) is 0 Å². The Morgan fingerprint density at radius 2 is 1.79 bits per heavy atom. The van der Waals surface area contributed by atoms with Gasteiger partial charge in [-0.15, -0.1) is 0 Å². The molecule has 0 radical (unpaired) electrons. The molecule has 0 saturated carbocycles. The fourth-order valence-electron chi connectivity index (χ4n) is 1.45. The molecule has 19 heavy (non-hydrogen) atoms. The van der Waals surface area contributed by atoms with Crippen molar-refractivity contribution in [3.8, 4) is 0 Å². The van der Waals surface area contributed by atoms with E-state index in [9.17, 15) is 17.2 Å². The Kier molecular flexibility index (Phi) is 5.98. The summed E-state index contributed by atoms with van der Waals surface area (Å²) in [6, 6.07) is 6.62. The van der Waals surface area contributed by atoms with E-state index in [2.05, 4.69) is 15.9 Å². The number of hydrogen-bond donors (Lipinski definition) is 0. The SMILES string of the molecule is CC(C)c1ccc(S(=O)(=O)CC[Se]C(F)(F)Br)cc1. The molecule has 0 spiro atoms. The minimum atomic E-state index is -3.46. The molecule has 0 aliphatic carbocycles. The van der Waals surface area contributed by atoms with Crippen molar-refractivity contribution in [3.05, 3.63) is 29.8 Å². The van der Waals surface area contributed by atoms with Crippen LogP contribution in [0.25, 0.3) is 0 Å². The van der Waals surface area contributed by atoms with Crippen molar-refractivity contribution >= 4 is 40.7 Å². The molecule has 0 unspecified atom stereocenters. The average molecular weight is 420 g/mol. The zero-order chi connectivity index (χ0) is 14.7. The average Bonchev–Trinajstić information content (AvgIpc) is 2.27. The van der Waals surface area contributed by atoms with Crippen LogP contribution in [0.4, 0.5) is 8.78 Å². The van der Waals surface area contributed by atoms with Gasteiger partial charge in [-0.1, -0.05) is 0 Å². The molecular formula is C12H15BrF2O2SSe. The first kappa shape index (κ1) is 17.1. The van der Waals surface area contributed by atoms with E-state index < -0.39 is 28.5 Å². The van der Waals surface area contributed by atoms with Gasteiger partial charge in [-0.3, -0.25) is 0 Å². The molecule has 1 aromatic rings. The molecule has 0 bridgehead atoms. The van der Waals surface area contributed by atoms with E-state index >= 15 is 0 Å². The second-order valence-corrected chi connectivity index (χ2v) is 11.2. The van der Waals surface area contributed by atoms with E-state index in [1.807, 2.05) is 13.8 Å². The van der Waals surface area contributed by atoms with Crippen LogP contribution in [0.5, 0.6) is 0 Å². The first-order valence-electron chi connectivity index (χ1n) is 5.65. The number of sulfone groups is 1. The van der Waals surface area contributed by atoms with Crippen LogP contribution in [0.15, 0.2) is 29.2 Å². The zero-order valence-electron chi connectivity index (χ0n) is 10.6. The first-order valence-corrected chi connectivity index (χ1v) is 10.2. The summed E-state index contributed by atoms with van der Waals surface area (Å²) in [5.74, 6) is 0.0852. The first-order chi connectivity index (χ1) is 8.62. The Hall–Kier alpha value is 0.0295. The van der Waals surface area contributed by atoms with Gasteiger partial charge in [0, 0.05) is 0 Å². The molecule has 0 aromatic heterocycles. The maximum absolute atomic E-state index is 12.6. The van der Waals surface area contributed by atoms with E-state index in [-0.39, 0.29) is 16.0 Å². The summed E-state index contributed by atoms with van der Waals surface area (Å²) in [6.45, 7) is 4.04. The van der Waals surface area contributed by atoms with E-state index in [4.69, 9.17) is 0 Å². The van der Waals surface area contributed by atoms with Crippen molar-refractivity contribution < 1.29 is 17.2 Å². The number of alkyl halides is 3. The fraction of sp³-hybridized carbons (Fsp3) is 0.500. The van der Waals surface area contributed by atoms with Gasteiger partial charge in [-0.2, -0.15) is 0 Å². The third-order valence-corrected chi connectivity index (χ3v) is 7.57. The summed E-state index contributed by atoms with van der Waals surface area (Å²) >= 11 is 1.17. The summed E-state index contributed by atoms with van der Waals surface area (Å²) in [5, 5.41) is -0.0144. The Morgan fingerprint density at radius 1 is 1.26 bits per heavy atom. The Bertz CT molecular complexity index is 510. The van der Waals surface area contributed by atoms with E-state index in [1.54, 1.807) is 24.3 Å². The molecule has 0 saturated heterocycles. The fourth-order valence-corrected chi connectivity index (χ4v) is 5.77. The van der Waals surface area contributed by atoms with Gasteiger partial charge in [-0.25, -0.2) is 0 Å². The molecule has 1 rings (SSSR count). The molecule has 0 heterocycles. The molecule has 0 aliphatic heterocycles. The van der Waals surface area contributed by atoms with Crippen molar-refractivity contribution in [1.82, 2.24) is 0 Å². The number of halogens is 3. The third kappa shape index (κ3) is 5.90. The van der Waals surface area contributed by atoms with Gasteiger partial charge >= 0.3 is 127 Å². The normalized spacial score (nSPS) is 12.9. The third-order valence-electron chi connectivity index (χ3n) is 2.52. The predicted octanol–water partition coefficient (Wildman–Crippen LogP) is 3.65. The number of benzene rings is 1. The quantitative estimate of drug-likeness (QED) is 0.520. The monoisotopic (exact) mass is 420 g/mol. The van der Waals surface area contributed by atoms with Crippen LogP contribution in [-0.2, 0) is 9.84 Å². The van der Waals surface area contributed by atoms with Crippen LogP contribution in [0.3, 0.4) is 0 Å². The number of rotatable bonds is 6. The van der Waals surface area contributed by atoms with Gasteiger partial charge in [0.1, 0.15) is 0 Å². The van der Waals surface area contributed by atoms with Gasteiger partial charge < -0.3 is 0 Å². The maximum atomic E-state index is 12.6. The number of hydrogen-bond acceptors (Lipinski definition) is 2. The molecule has 0 aliphatic rings. The van der Waals surface area contributed by atoms with Crippen LogP contribution < -0.4 is 0 Å². The van der Waals surface area contributed by atoms with Gasteiger partial charge in [-0.05, 0) is 0 Å². The summed E-state index contributed by atoms with van der Waals surface area (Å²) in [5.41, 5.74) is 1.05. The Labute approximate surface area is 127 Å². The molecule has 0 N–H and O–H groups in total. The molecule has 1 aromatic carbocycles. The van der Waals surface area contributed by atoms with E-state index in [0.717, 1.165) is 5.56 Å². The van der Waals surface area contributed by atoms with Crippen molar-refractivity contribution in [3.63, 3.8) is 0 Å². The molecular weight excluding hydrogens is 405 g/mol. The summed E-state index contributed by atoms with van der Waals surface area (Å²) < 4.78 is 46.1. The second-order valence-electron chi connectivity index (χ2n) is 4.34. The van der Waals surface area contributed by atoms with Crippen LogP contribution in [0.1, 0.15) is 25.3 Å². The van der Waals surface area contributed by atoms with Gasteiger partial charge in [0.05, 0.1) is 0 Å². The summed E-state index contributed by atoms with van der Waals surface area (Å²) in [6.07, 6.45) is 0. The molecule has 108 valence electrons. The molecule has 7 heteroatoms. The van der Waals surface area contributed by atoms with Crippen LogP contribution in [0, 0.1) is 0 Å². The van der Waals surface area contributed by atoms with E-state index in [0.29, 0.717) is 5.92 Å². The van der Waals surface area contributed by atoms with Crippen molar-refractivity contribution in [1.29, 1.82) is 0 Å². The molecule has 0 atom stereocenters. The Morgan fingerprint density at radius 3 is 2.21 bits per heavy atom. The Balaban J connectivity index is 2.72. The summed E-state index contributed by atoms with van der Waals surface area (Å²) in [7, 11) is -3.46. The van der Waals surface area contributed by atoms with Crippen LogP contribution in [-0.4, -0.2) is 32.9 Å². The second kappa shape index (κ2) is 6.66. The molecule has 2 nitrogen and oxygen atoms in total. The van der Waals surface area contributed by atoms with Crippen molar-refractivity contribution in [2.24, 2.45) is 0 Å². The van der Waals surface area contributed by atoms with Crippen LogP contribution in [0.2, 0.25) is 5.32 Å².